The van der Waals surface area contributed by atoms with Gasteiger partial charge < -0.3 is 10.2 Å². The van der Waals surface area contributed by atoms with E-state index in [1.54, 1.807) is 12.4 Å². The Balaban J connectivity index is 2.04. The lowest BCUT2D eigenvalue weighted by molar-refractivity contribution is 0.0741. The van der Waals surface area contributed by atoms with Crippen LogP contribution in [0.25, 0.3) is 0 Å². The summed E-state index contributed by atoms with van der Waals surface area (Å²) in [7, 11) is 0. The Bertz CT molecular complexity index is 445. The summed E-state index contributed by atoms with van der Waals surface area (Å²) in [4.78, 5) is 22.9. The number of nitrogens with one attached hydrogen (secondary N) is 1. The van der Waals surface area contributed by atoms with Crippen LogP contribution in [0.5, 0.6) is 0 Å². The van der Waals surface area contributed by atoms with E-state index in [1.807, 2.05) is 4.90 Å². The highest BCUT2D eigenvalue weighted by Crippen LogP contribution is 2.30. The molecule has 1 heterocycles. The van der Waals surface area contributed by atoms with Crippen LogP contribution < -0.4 is 5.32 Å². The van der Waals surface area contributed by atoms with Crippen LogP contribution in [-0.4, -0.2) is 40.4 Å². The fraction of sp³-hybridized carbons (Fsp3) is 0.667. The maximum atomic E-state index is 12.5. The molecular weight excluding hydrogens is 252 g/mol. The van der Waals surface area contributed by atoms with Gasteiger partial charge in [0.05, 0.1) is 12.4 Å². The Kier molecular flexibility index (Phi) is 5.32. The van der Waals surface area contributed by atoms with E-state index in [0.29, 0.717) is 17.4 Å². The molecule has 0 radical (unpaired) electrons. The van der Waals surface area contributed by atoms with Crippen molar-refractivity contribution in [3.63, 3.8) is 0 Å². The molecule has 1 aliphatic carbocycles. The molecule has 0 aliphatic heterocycles. The summed E-state index contributed by atoms with van der Waals surface area (Å²) in [5, 5.41) is 3.17. The van der Waals surface area contributed by atoms with Crippen molar-refractivity contribution in [3.05, 3.63) is 18.1 Å². The van der Waals surface area contributed by atoms with Crippen LogP contribution in [0.1, 0.15) is 50.0 Å². The maximum Gasteiger partial charge on any atom is 0.274 e. The normalized spacial score (nSPS) is 14.1. The zero-order valence-corrected chi connectivity index (χ0v) is 12.4. The largest absolute Gasteiger partial charge is 0.369 e. The van der Waals surface area contributed by atoms with Crippen molar-refractivity contribution >= 4 is 11.7 Å². The fourth-order valence-electron chi connectivity index (χ4n) is 2.13. The van der Waals surface area contributed by atoms with Gasteiger partial charge in [0.1, 0.15) is 11.5 Å². The van der Waals surface area contributed by atoms with Gasteiger partial charge in [-0.2, -0.15) is 0 Å². The Hall–Kier alpha value is -1.65. The van der Waals surface area contributed by atoms with Gasteiger partial charge >= 0.3 is 0 Å². The molecule has 0 atom stereocenters. The fourth-order valence-corrected chi connectivity index (χ4v) is 2.13. The number of aromatic nitrogens is 2. The summed E-state index contributed by atoms with van der Waals surface area (Å²) >= 11 is 0. The number of rotatable bonds is 8. The van der Waals surface area contributed by atoms with E-state index in [2.05, 4.69) is 29.1 Å². The number of carbonyl (C=O) groups is 1. The van der Waals surface area contributed by atoms with Crippen LogP contribution in [0, 0.1) is 5.92 Å². The van der Waals surface area contributed by atoms with Crippen LogP contribution in [0.4, 0.5) is 5.82 Å². The highest BCUT2D eigenvalue weighted by molar-refractivity contribution is 5.92. The monoisotopic (exact) mass is 276 g/mol. The van der Waals surface area contributed by atoms with E-state index in [-0.39, 0.29) is 5.91 Å². The summed E-state index contributed by atoms with van der Waals surface area (Å²) in [5.74, 6) is 1.38. The molecule has 110 valence electrons. The first kappa shape index (κ1) is 14.8. The molecule has 1 N–H and O–H groups in total. The molecule has 0 saturated heterocycles. The van der Waals surface area contributed by atoms with Crippen LogP contribution in [-0.2, 0) is 0 Å². The molecule has 0 aromatic carbocycles. The van der Waals surface area contributed by atoms with Crippen molar-refractivity contribution in [2.24, 2.45) is 5.92 Å². The minimum absolute atomic E-state index is 0.00592. The van der Waals surface area contributed by atoms with Crippen molar-refractivity contribution < 1.29 is 4.79 Å². The van der Waals surface area contributed by atoms with E-state index in [0.717, 1.165) is 32.5 Å². The van der Waals surface area contributed by atoms with Gasteiger partial charge in [0.15, 0.2) is 0 Å². The summed E-state index contributed by atoms with van der Waals surface area (Å²) in [6.45, 7) is 6.68. The summed E-state index contributed by atoms with van der Waals surface area (Å²) in [6.07, 6.45) is 7.71. The van der Waals surface area contributed by atoms with Crippen LogP contribution >= 0.6 is 0 Å². The molecule has 2 rings (SSSR count). The molecule has 0 spiro atoms. The topological polar surface area (TPSA) is 58.1 Å². The average Bonchev–Trinajstić information content (AvgIpc) is 3.28. The first-order valence-corrected chi connectivity index (χ1v) is 7.59. The summed E-state index contributed by atoms with van der Waals surface area (Å²) in [6, 6.07) is 0. The molecule has 20 heavy (non-hydrogen) atoms. The Morgan fingerprint density at radius 2 is 2.15 bits per heavy atom. The van der Waals surface area contributed by atoms with Gasteiger partial charge in [-0.25, -0.2) is 4.98 Å². The number of hydrogen-bond donors (Lipinski definition) is 1. The SMILES string of the molecule is CCCNc1cncc(C(=O)N(CCC)CC2CC2)n1. The zero-order chi connectivity index (χ0) is 14.4. The lowest BCUT2D eigenvalue weighted by Gasteiger charge is -2.21. The van der Waals surface area contributed by atoms with E-state index in [4.69, 9.17) is 0 Å². The molecule has 1 aromatic heterocycles. The smallest absolute Gasteiger partial charge is 0.274 e. The first-order valence-electron chi connectivity index (χ1n) is 7.59. The summed E-state index contributed by atoms with van der Waals surface area (Å²) < 4.78 is 0. The lowest BCUT2D eigenvalue weighted by Crippen LogP contribution is -2.34. The van der Waals surface area contributed by atoms with Gasteiger partial charge in [-0.1, -0.05) is 13.8 Å². The van der Waals surface area contributed by atoms with Crippen molar-refractivity contribution in [1.82, 2.24) is 14.9 Å². The van der Waals surface area contributed by atoms with E-state index in [1.165, 1.54) is 12.8 Å². The molecular formula is C15H24N4O. The highest BCUT2D eigenvalue weighted by atomic mass is 16.2. The number of carbonyl (C=O) groups excluding carboxylic acids is 1. The number of nitrogens with zero attached hydrogens (tertiary/aromatic N) is 3. The van der Waals surface area contributed by atoms with E-state index >= 15 is 0 Å². The standard InChI is InChI=1S/C15H24N4O/c1-3-7-17-14-10-16-9-13(18-14)15(20)19(8-4-2)11-12-5-6-12/h9-10,12H,3-8,11H2,1-2H3,(H,17,18). The maximum absolute atomic E-state index is 12.5. The van der Waals surface area contributed by atoms with Crippen molar-refractivity contribution in [2.75, 3.05) is 25.0 Å². The predicted octanol–water partition coefficient (Wildman–Crippen LogP) is 2.56. The zero-order valence-electron chi connectivity index (χ0n) is 12.4. The minimum atomic E-state index is 0.00592. The van der Waals surface area contributed by atoms with Crippen molar-refractivity contribution in [3.8, 4) is 0 Å². The van der Waals surface area contributed by atoms with Gasteiger partial charge in [-0.15, -0.1) is 0 Å². The van der Waals surface area contributed by atoms with E-state index < -0.39 is 0 Å². The average molecular weight is 276 g/mol. The van der Waals surface area contributed by atoms with Gasteiger partial charge in [0.2, 0.25) is 0 Å². The molecule has 5 nitrogen and oxygen atoms in total. The quantitative estimate of drug-likeness (QED) is 0.793. The van der Waals surface area contributed by atoms with Gasteiger partial charge in [0.25, 0.3) is 5.91 Å². The van der Waals surface area contributed by atoms with E-state index in [9.17, 15) is 4.79 Å². The van der Waals surface area contributed by atoms with Gasteiger partial charge in [-0.3, -0.25) is 9.78 Å². The second-order valence-corrected chi connectivity index (χ2v) is 5.41. The second kappa shape index (κ2) is 7.22. The van der Waals surface area contributed by atoms with Crippen LogP contribution in [0.2, 0.25) is 0 Å². The molecule has 1 fully saturated rings. The molecule has 1 aromatic rings. The molecule has 0 unspecified atom stereocenters. The lowest BCUT2D eigenvalue weighted by atomic mass is 10.3. The Labute approximate surface area is 120 Å². The molecule has 0 bridgehead atoms. The number of amides is 1. The van der Waals surface area contributed by atoms with Crippen LogP contribution in [0.15, 0.2) is 12.4 Å². The predicted molar refractivity (Wildman–Crippen MR) is 79.7 cm³/mol. The third kappa shape index (κ3) is 4.18. The Morgan fingerprint density at radius 1 is 1.35 bits per heavy atom. The van der Waals surface area contributed by atoms with Gasteiger partial charge in [0, 0.05) is 19.6 Å². The third-order valence-corrected chi connectivity index (χ3v) is 3.37. The minimum Gasteiger partial charge on any atom is -0.369 e. The van der Waals surface area contributed by atoms with Crippen LogP contribution in [0.3, 0.4) is 0 Å². The van der Waals surface area contributed by atoms with Crippen molar-refractivity contribution in [1.29, 1.82) is 0 Å². The molecule has 1 saturated carbocycles. The Morgan fingerprint density at radius 3 is 2.80 bits per heavy atom. The molecule has 5 heteroatoms. The van der Waals surface area contributed by atoms with Gasteiger partial charge in [-0.05, 0) is 31.6 Å². The first-order chi connectivity index (χ1) is 9.74. The third-order valence-electron chi connectivity index (χ3n) is 3.37. The summed E-state index contributed by atoms with van der Waals surface area (Å²) in [5.41, 5.74) is 0.445. The van der Waals surface area contributed by atoms with Crippen molar-refractivity contribution in [2.45, 2.75) is 39.5 Å². The molecule has 1 amide bonds. The number of hydrogen-bond acceptors (Lipinski definition) is 4. The molecule has 1 aliphatic rings. The second-order valence-electron chi connectivity index (χ2n) is 5.41. The highest BCUT2D eigenvalue weighted by Gasteiger charge is 2.27. The number of anilines is 1.